The summed E-state index contributed by atoms with van der Waals surface area (Å²) in [6, 6.07) is 20.2. The summed E-state index contributed by atoms with van der Waals surface area (Å²) >= 11 is 0. The molecule has 0 fully saturated rings. The molecule has 5 atom stereocenters. The van der Waals surface area contributed by atoms with Crippen LogP contribution in [0, 0.1) is 30.5 Å². The lowest BCUT2D eigenvalue weighted by Crippen LogP contribution is -2.52. The SMILES string of the molecule is CC[C@H](C)[C@H](NC(=O)[C@@H](C[C@H](O)[C@H](COCc1ccc(C)c(OCCCOC)c1)Nc1ccccc1)C(C)C)C(=O)NCc1ccc(F)cc1. The van der Waals surface area contributed by atoms with Crippen LogP contribution in [0.5, 0.6) is 5.75 Å². The van der Waals surface area contributed by atoms with Gasteiger partial charge in [0.15, 0.2) is 0 Å². The molecular weight excluding hydrogens is 637 g/mol. The summed E-state index contributed by atoms with van der Waals surface area (Å²) in [6.07, 6.45) is 0.679. The third kappa shape index (κ3) is 13.4. The number of amides is 2. The van der Waals surface area contributed by atoms with Gasteiger partial charge in [0.1, 0.15) is 17.6 Å². The van der Waals surface area contributed by atoms with Crippen molar-refractivity contribution in [2.45, 2.75) is 85.2 Å². The Morgan fingerprint density at radius 1 is 0.920 bits per heavy atom. The number of hydrogen-bond acceptors (Lipinski definition) is 7. The van der Waals surface area contributed by atoms with Gasteiger partial charge in [-0.1, -0.05) is 76.6 Å². The highest BCUT2D eigenvalue weighted by atomic mass is 19.1. The molecule has 3 rings (SSSR count). The Bertz CT molecular complexity index is 1440. The number of para-hydroxylation sites is 1. The first-order valence-corrected chi connectivity index (χ1v) is 17.6. The zero-order valence-corrected chi connectivity index (χ0v) is 30.4. The number of aliphatic hydroxyl groups is 1. The predicted octanol–water partition coefficient (Wildman–Crippen LogP) is 6.42. The molecule has 0 radical (unpaired) electrons. The fraction of sp³-hybridized carbons (Fsp3) is 0.500. The molecule has 0 heterocycles. The highest BCUT2D eigenvalue weighted by Crippen LogP contribution is 2.24. The first kappa shape index (κ1) is 40.4. The largest absolute Gasteiger partial charge is 0.493 e. The third-order valence-electron chi connectivity index (χ3n) is 8.97. The molecule has 50 heavy (non-hydrogen) atoms. The van der Waals surface area contributed by atoms with Crippen molar-refractivity contribution in [1.29, 1.82) is 0 Å². The number of ether oxygens (including phenoxy) is 3. The quantitative estimate of drug-likeness (QED) is 0.0898. The monoisotopic (exact) mass is 693 g/mol. The third-order valence-corrected chi connectivity index (χ3v) is 8.97. The molecule has 0 aliphatic carbocycles. The van der Waals surface area contributed by atoms with E-state index in [4.69, 9.17) is 14.2 Å². The number of nitrogens with one attached hydrogen (secondary N) is 3. The summed E-state index contributed by atoms with van der Waals surface area (Å²) in [5.41, 5.74) is 3.55. The molecule has 0 saturated heterocycles. The van der Waals surface area contributed by atoms with E-state index in [9.17, 15) is 19.1 Å². The molecule has 0 bridgehead atoms. The number of methoxy groups -OCH3 is 1. The molecule has 2 amide bonds. The maximum atomic E-state index is 13.8. The highest BCUT2D eigenvalue weighted by Gasteiger charge is 2.33. The van der Waals surface area contributed by atoms with Crippen LogP contribution in [0.25, 0.3) is 0 Å². The lowest BCUT2D eigenvalue weighted by Gasteiger charge is -2.31. The van der Waals surface area contributed by atoms with Gasteiger partial charge in [-0.05, 0) is 72.2 Å². The molecule has 274 valence electrons. The molecule has 10 heteroatoms. The van der Waals surface area contributed by atoms with E-state index < -0.39 is 24.1 Å². The van der Waals surface area contributed by atoms with Crippen molar-refractivity contribution < 1.29 is 33.3 Å². The van der Waals surface area contributed by atoms with Crippen LogP contribution in [0.1, 0.15) is 63.6 Å². The summed E-state index contributed by atoms with van der Waals surface area (Å²) in [5, 5.41) is 20.9. The minimum absolute atomic E-state index is 0.113. The van der Waals surface area contributed by atoms with Crippen molar-refractivity contribution in [2.75, 3.05) is 32.2 Å². The average molecular weight is 694 g/mol. The van der Waals surface area contributed by atoms with Gasteiger partial charge in [0.25, 0.3) is 0 Å². The highest BCUT2D eigenvalue weighted by molar-refractivity contribution is 5.88. The standard InChI is InChI=1S/C40H56FN3O6/c1-7-28(4)38(40(47)42-24-30-16-18-32(41)19-17-30)44-39(46)34(27(2)3)23-36(45)35(43-33-12-9-8-10-13-33)26-49-25-31-15-14-29(5)37(22-31)50-21-11-20-48-6/h8-10,12-19,22,27-28,34-36,38,43,45H,7,11,20-21,23-26H2,1-6H3,(H,42,47)(H,44,46)/t28-,34-,35-,36-,38-/m0/s1. The van der Waals surface area contributed by atoms with E-state index in [1.165, 1.54) is 12.1 Å². The van der Waals surface area contributed by atoms with Crippen molar-refractivity contribution in [1.82, 2.24) is 10.6 Å². The summed E-state index contributed by atoms with van der Waals surface area (Å²) in [5.74, 6) is -0.973. The van der Waals surface area contributed by atoms with Gasteiger partial charge >= 0.3 is 0 Å². The molecule has 0 saturated carbocycles. The fourth-order valence-electron chi connectivity index (χ4n) is 5.55. The van der Waals surface area contributed by atoms with E-state index in [0.717, 1.165) is 34.5 Å². The first-order chi connectivity index (χ1) is 24.0. The van der Waals surface area contributed by atoms with Crippen LogP contribution < -0.4 is 20.7 Å². The molecule has 0 aromatic heterocycles. The lowest BCUT2D eigenvalue weighted by atomic mass is 9.86. The predicted molar refractivity (Wildman–Crippen MR) is 195 cm³/mol. The number of carbonyl (C=O) groups excluding carboxylic acids is 2. The van der Waals surface area contributed by atoms with Crippen molar-refractivity contribution in [3.05, 3.63) is 95.3 Å². The number of aryl methyl sites for hydroxylation is 1. The molecule has 0 spiro atoms. The average Bonchev–Trinajstić information content (AvgIpc) is 3.11. The molecule has 0 aliphatic rings. The second-order valence-corrected chi connectivity index (χ2v) is 13.3. The number of rotatable bonds is 22. The smallest absolute Gasteiger partial charge is 0.243 e. The van der Waals surface area contributed by atoms with Crippen LogP contribution in [-0.2, 0) is 32.2 Å². The number of anilines is 1. The van der Waals surface area contributed by atoms with Crippen LogP contribution in [0.4, 0.5) is 10.1 Å². The van der Waals surface area contributed by atoms with Gasteiger partial charge in [-0.25, -0.2) is 4.39 Å². The Morgan fingerprint density at radius 2 is 1.62 bits per heavy atom. The fourth-order valence-corrected chi connectivity index (χ4v) is 5.55. The lowest BCUT2D eigenvalue weighted by molar-refractivity contribution is -0.134. The van der Waals surface area contributed by atoms with Gasteiger partial charge in [-0.3, -0.25) is 9.59 Å². The van der Waals surface area contributed by atoms with Crippen molar-refractivity contribution in [2.24, 2.45) is 17.8 Å². The van der Waals surface area contributed by atoms with Gasteiger partial charge in [0.2, 0.25) is 11.8 Å². The van der Waals surface area contributed by atoms with E-state index in [2.05, 4.69) is 16.0 Å². The van der Waals surface area contributed by atoms with Crippen LogP contribution in [-0.4, -0.2) is 62.0 Å². The minimum Gasteiger partial charge on any atom is -0.493 e. The zero-order valence-electron chi connectivity index (χ0n) is 30.4. The molecular formula is C40H56FN3O6. The Balaban J connectivity index is 1.68. The Hall–Kier alpha value is -3.99. The number of halogens is 1. The summed E-state index contributed by atoms with van der Waals surface area (Å²) in [7, 11) is 1.67. The number of benzene rings is 3. The van der Waals surface area contributed by atoms with Crippen molar-refractivity contribution in [3.63, 3.8) is 0 Å². The molecule has 3 aromatic rings. The maximum absolute atomic E-state index is 13.8. The van der Waals surface area contributed by atoms with E-state index in [-0.39, 0.29) is 49.0 Å². The number of carbonyl (C=O) groups is 2. The van der Waals surface area contributed by atoms with Crippen molar-refractivity contribution in [3.8, 4) is 5.75 Å². The van der Waals surface area contributed by atoms with Gasteiger partial charge in [-0.15, -0.1) is 0 Å². The second-order valence-electron chi connectivity index (χ2n) is 13.3. The normalized spacial score (nSPS) is 14.3. The Kier molecular flexibility index (Phi) is 17.2. The molecule has 3 aromatic carbocycles. The minimum atomic E-state index is -0.944. The van der Waals surface area contributed by atoms with Crippen LogP contribution in [0.3, 0.4) is 0 Å². The number of hydrogen-bond donors (Lipinski definition) is 4. The maximum Gasteiger partial charge on any atom is 0.243 e. The zero-order chi connectivity index (χ0) is 36.5. The summed E-state index contributed by atoms with van der Waals surface area (Å²) in [6.45, 7) is 11.7. The van der Waals surface area contributed by atoms with E-state index in [1.807, 2.05) is 83.1 Å². The van der Waals surface area contributed by atoms with Gasteiger partial charge in [0, 0.05) is 38.3 Å². The molecule has 0 unspecified atom stereocenters. The second kappa shape index (κ2) is 21.3. The van der Waals surface area contributed by atoms with E-state index in [0.29, 0.717) is 26.2 Å². The molecule has 0 aliphatic heterocycles. The Labute approximate surface area is 297 Å². The van der Waals surface area contributed by atoms with Crippen molar-refractivity contribution >= 4 is 17.5 Å². The first-order valence-electron chi connectivity index (χ1n) is 17.6. The van der Waals surface area contributed by atoms with Gasteiger partial charge in [-0.2, -0.15) is 0 Å². The van der Waals surface area contributed by atoms with Crippen LogP contribution in [0.15, 0.2) is 72.8 Å². The van der Waals surface area contributed by atoms with Gasteiger partial charge in [0.05, 0.1) is 32.0 Å². The van der Waals surface area contributed by atoms with Crippen LogP contribution in [0.2, 0.25) is 0 Å². The summed E-state index contributed by atoms with van der Waals surface area (Å²) in [4.78, 5) is 27.1. The Morgan fingerprint density at radius 3 is 2.28 bits per heavy atom. The van der Waals surface area contributed by atoms with E-state index in [1.54, 1.807) is 19.2 Å². The molecule has 4 N–H and O–H groups in total. The number of aliphatic hydroxyl groups excluding tert-OH is 1. The summed E-state index contributed by atoms with van der Waals surface area (Å²) < 4.78 is 30.6. The van der Waals surface area contributed by atoms with Gasteiger partial charge < -0.3 is 35.3 Å². The van der Waals surface area contributed by atoms with Crippen LogP contribution >= 0.6 is 0 Å². The van der Waals surface area contributed by atoms with E-state index >= 15 is 0 Å². The topological polar surface area (TPSA) is 118 Å². The molecule has 9 nitrogen and oxygen atoms in total.